The Labute approximate surface area is 171 Å². The Hall–Kier alpha value is -2.73. The van der Waals surface area contributed by atoms with Crippen LogP contribution in [0.25, 0.3) is 0 Å². The number of hydrogen-bond donors (Lipinski definition) is 1. The molecule has 1 unspecified atom stereocenters. The van der Waals surface area contributed by atoms with Gasteiger partial charge in [-0.1, -0.05) is 29.8 Å². The lowest BCUT2D eigenvalue weighted by Gasteiger charge is -2.47. The van der Waals surface area contributed by atoms with Gasteiger partial charge in [0.1, 0.15) is 11.4 Å². The Bertz CT molecular complexity index is 954. The van der Waals surface area contributed by atoms with Crippen LogP contribution in [0.4, 0.5) is 0 Å². The molecule has 1 atom stereocenters. The molecule has 3 heterocycles. The van der Waals surface area contributed by atoms with Crippen LogP contribution >= 0.6 is 0 Å². The van der Waals surface area contributed by atoms with Crippen molar-refractivity contribution >= 4 is 17.6 Å². The second-order valence-corrected chi connectivity index (χ2v) is 8.58. The molecule has 0 radical (unpaired) electrons. The van der Waals surface area contributed by atoms with Gasteiger partial charge in [-0.2, -0.15) is 4.99 Å². The molecule has 1 aromatic rings. The Morgan fingerprint density at radius 1 is 1.21 bits per heavy atom. The molecule has 3 aliphatic rings. The molecule has 0 bridgehead atoms. The lowest BCUT2D eigenvalue weighted by atomic mass is 9.82. The van der Waals surface area contributed by atoms with Gasteiger partial charge >= 0.3 is 0 Å². The van der Waals surface area contributed by atoms with Gasteiger partial charge in [0, 0.05) is 19.3 Å². The van der Waals surface area contributed by atoms with Crippen LogP contribution < -0.4 is 0 Å². The number of aliphatic hydroxyl groups is 1. The summed E-state index contributed by atoms with van der Waals surface area (Å²) in [5.74, 6) is 0.146. The Morgan fingerprint density at radius 2 is 1.93 bits per heavy atom. The number of fused-ring (bicyclic) bond motifs is 1. The lowest BCUT2D eigenvalue weighted by Crippen LogP contribution is -2.62. The van der Waals surface area contributed by atoms with E-state index in [1.807, 2.05) is 68.3 Å². The number of allylic oxidation sites excluding steroid dienone is 2. The highest BCUT2D eigenvalue weighted by atomic mass is 16.3. The molecule has 6 heteroatoms. The SMILES string of the molecule is CC1=CC2=NC(=O)CC(C)(C(=O)N3CCC(O)(c4cccc(C)c4)CC3)N2C=C1. The van der Waals surface area contributed by atoms with Gasteiger partial charge in [-0.15, -0.1) is 0 Å². The maximum atomic E-state index is 13.5. The summed E-state index contributed by atoms with van der Waals surface area (Å²) in [5.41, 5.74) is 1.07. The maximum Gasteiger partial charge on any atom is 0.250 e. The van der Waals surface area contributed by atoms with Crippen molar-refractivity contribution < 1.29 is 14.7 Å². The minimum Gasteiger partial charge on any atom is -0.385 e. The quantitative estimate of drug-likeness (QED) is 0.838. The first-order valence-corrected chi connectivity index (χ1v) is 10.1. The predicted molar refractivity (Wildman–Crippen MR) is 111 cm³/mol. The molecule has 152 valence electrons. The van der Waals surface area contributed by atoms with E-state index in [2.05, 4.69) is 4.99 Å². The van der Waals surface area contributed by atoms with Crippen molar-refractivity contribution in [1.82, 2.24) is 9.80 Å². The molecule has 29 heavy (non-hydrogen) atoms. The number of aryl methyl sites for hydroxylation is 1. The Balaban J connectivity index is 1.53. The van der Waals surface area contributed by atoms with E-state index in [1.54, 1.807) is 4.90 Å². The molecule has 0 aliphatic carbocycles. The van der Waals surface area contributed by atoms with Crippen LogP contribution in [0.3, 0.4) is 0 Å². The minimum absolute atomic E-state index is 0.0468. The molecule has 1 saturated heterocycles. The summed E-state index contributed by atoms with van der Waals surface area (Å²) in [6, 6.07) is 7.91. The van der Waals surface area contributed by atoms with Crippen molar-refractivity contribution in [2.24, 2.45) is 4.99 Å². The zero-order valence-electron chi connectivity index (χ0n) is 17.2. The lowest BCUT2D eigenvalue weighted by molar-refractivity contribution is -0.147. The van der Waals surface area contributed by atoms with Crippen molar-refractivity contribution in [2.45, 2.75) is 51.2 Å². The van der Waals surface area contributed by atoms with Crippen LogP contribution in [0.15, 0.2) is 53.2 Å². The number of piperidine rings is 1. The summed E-state index contributed by atoms with van der Waals surface area (Å²) >= 11 is 0. The summed E-state index contributed by atoms with van der Waals surface area (Å²) in [6.45, 7) is 6.65. The largest absolute Gasteiger partial charge is 0.385 e. The monoisotopic (exact) mass is 393 g/mol. The molecule has 1 fully saturated rings. The van der Waals surface area contributed by atoms with E-state index in [9.17, 15) is 14.7 Å². The van der Waals surface area contributed by atoms with E-state index in [0.717, 1.165) is 16.7 Å². The predicted octanol–water partition coefficient (Wildman–Crippen LogP) is 2.67. The molecule has 0 aromatic heterocycles. The molecule has 0 saturated carbocycles. The molecule has 6 nitrogen and oxygen atoms in total. The van der Waals surface area contributed by atoms with Crippen LogP contribution in [0.1, 0.15) is 44.2 Å². The number of benzene rings is 1. The summed E-state index contributed by atoms with van der Waals surface area (Å²) in [4.78, 5) is 33.5. The van der Waals surface area contributed by atoms with E-state index in [4.69, 9.17) is 0 Å². The molecular formula is C23H27N3O3. The van der Waals surface area contributed by atoms with Crippen LogP contribution in [-0.4, -0.2) is 51.2 Å². The number of likely N-dealkylation sites (tertiary alicyclic amines) is 1. The van der Waals surface area contributed by atoms with Crippen molar-refractivity contribution in [1.29, 1.82) is 0 Å². The average Bonchev–Trinajstić information content (AvgIpc) is 2.67. The van der Waals surface area contributed by atoms with Crippen molar-refractivity contribution in [3.05, 3.63) is 59.3 Å². The summed E-state index contributed by atoms with van der Waals surface area (Å²) in [7, 11) is 0. The average molecular weight is 393 g/mol. The number of amidine groups is 1. The molecule has 3 aliphatic heterocycles. The zero-order valence-corrected chi connectivity index (χ0v) is 17.2. The third kappa shape index (κ3) is 3.42. The van der Waals surface area contributed by atoms with E-state index < -0.39 is 11.1 Å². The number of nitrogens with zero attached hydrogens (tertiary/aromatic N) is 3. The van der Waals surface area contributed by atoms with E-state index in [1.165, 1.54) is 0 Å². The summed E-state index contributed by atoms with van der Waals surface area (Å²) < 4.78 is 0. The van der Waals surface area contributed by atoms with Crippen LogP contribution in [0, 0.1) is 6.92 Å². The van der Waals surface area contributed by atoms with Crippen molar-refractivity contribution in [3.63, 3.8) is 0 Å². The van der Waals surface area contributed by atoms with Crippen molar-refractivity contribution in [2.75, 3.05) is 13.1 Å². The molecular weight excluding hydrogens is 366 g/mol. The molecule has 1 aromatic carbocycles. The van der Waals surface area contributed by atoms with Gasteiger partial charge in [0.15, 0.2) is 0 Å². The standard InChI is InChI=1S/C23H27N3O3/c1-16-5-4-6-18(13-16)23(29)8-11-25(12-9-23)21(28)22(3)15-20(27)24-19-14-17(2)7-10-26(19)22/h4-7,10,13-14,29H,8-9,11-12,15H2,1-3H3. The number of hydrogen-bond acceptors (Lipinski definition) is 4. The van der Waals surface area contributed by atoms with Gasteiger partial charge in [-0.25, -0.2) is 0 Å². The van der Waals surface area contributed by atoms with Crippen LogP contribution in [0.2, 0.25) is 0 Å². The van der Waals surface area contributed by atoms with Crippen LogP contribution in [-0.2, 0) is 15.2 Å². The van der Waals surface area contributed by atoms with E-state index in [0.29, 0.717) is 31.8 Å². The minimum atomic E-state index is -0.999. The fourth-order valence-electron chi connectivity index (χ4n) is 4.46. The Morgan fingerprint density at radius 3 is 2.62 bits per heavy atom. The van der Waals surface area contributed by atoms with Crippen molar-refractivity contribution in [3.8, 4) is 0 Å². The van der Waals surface area contributed by atoms with Gasteiger partial charge in [-0.3, -0.25) is 9.59 Å². The molecule has 1 N–H and O–H groups in total. The Kier molecular flexibility index (Phi) is 4.69. The highest BCUT2D eigenvalue weighted by Crippen LogP contribution is 2.36. The number of carbonyl (C=O) groups excluding carboxylic acids is 2. The molecule has 0 spiro atoms. The fourth-order valence-corrected chi connectivity index (χ4v) is 4.46. The number of rotatable bonds is 2. The molecule has 4 rings (SSSR count). The van der Waals surface area contributed by atoms with Gasteiger partial charge in [0.2, 0.25) is 5.91 Å². The normalized spacial score (nSPS) is 26.0. The number of amides is 2. The highest BCUT2D eigenvalue weighted by molar-refractivity contribution is 6.09. The van der Waals surface area contributed by atoms with E-state index >= 15 is 0 Å². The highest BCUT2D eigenvalue weighted by Gasteiger charge is 2.48. The zero-order chi connectivity index (χ0) is 20.8. The number of carbonyl (C=O) groups is 2. The fraction of sp³-hybridized carbons (Fsp3) is 0.435. The first kappa shape index (κ1) is 19.6. The first-order valence-electron chi connectivity index (χ1n) is 10.1. The van der Waals surface area contributed by atoms with Crippen LogP contribution in [0.5, 0.6) is 0 Å². The van der Waals surface area contributed by atoms with Gasteiger partial charge in [0.25, 0.3) is 5.91 Å². The smallest absolute Gasteiger partial charge is 0.250 e. The van der Waals surface area contributed by atoms with Gasteiger partial charge < -0.3 is 14.9 Å². The second kappa shape index (κ2) is 6.95. The topological polar surface area (TPSA) is 73.2 Å². The van der Waals surface area contributed by atoms with Gasteiger partial charge in [-0.05, 0) is 56.9 Å². The van der Waals surface area contributed by atoms with E-state index in [-0.39, 0.29) is 18.2 Å². The maximum absolute atomic E-state index is 13.5. The third-order valence-electron chi connectivity index (χ3n) is 6.25. The second-order valence-electron chi connectivity index (χ2n) is 8.58. The molecule has 2 amide bonds. The first-order chi connectivity index (χ1) is 13.7. The third-order valence-corrected chi connectivity index (χ3v) is 6.25. The summed E-state index contributed by atoms with van der Waals surface area (Å²) in [5, 5.41) is 11.2. The van der Waals surface area contributed by atoms with Gasteiger partial charge in [0.05, 0.1) is 12.0 Å². The summed E-state index contributed by atoms with van der Waals surface area (Å²) in [6.07, 6.45) is 6.59. The number of aliphatic imine (C=N–C) groups is 1.